The number of halogens is 4. The van der Waals surface area contributed by atoms with E-state index in [4.69, 9.17) is 16.7 Å². The van der Waals surface area contributed by atoms with Crippen LogP contribution in [0, 0.1) is 18.4 Å². The van der Waals surface area contributed by atoms with Gasteiger partial charge in [0.15, 0.2) is 6.19 Å². The molecule has 1 fully saturated rings. The van der Waals surface area contributed by atoms with Crippen LogP contribution in [0.15, 0.2) is 52.6 Å². The standard InChI is InChI=1S/C26H27ClF3N7O2/c1-3-36(24(38)21-10-17(28)12-32-21)22-13-37(35-23(22)16-7-8-20(27)15(2)9-16)26(33-14-31)34-18-5-4-6-19(11-18)39-25(29)30/h4-9,11,17,21-22,25,32H,3,10,12-13H2,1-2H3,(H,33,34)/t17-,21-,22?/m1/s1. The maximum atomic E-state index is 13.9. The van der Waals surface area contributed by atoms with E-state index in [2.05, 4.69) is 20.4 Å². The van der Waals surface area contributed by atoms with Crippen molar-refractivity contribution in [3.8, 4) is 11.9 Å². The van der Waals surface area contributed by atoms with E-state index in [0.29, 0.717) is 22.8 Å². The zero-order chi connectivity index (χ0) is 28.1. The number of amides is 1. The molecular weight excluding hydrogens is 535 g/mol. The summed E-state index contributed by atoms with van der Waals surface area (Å²) in [5.74, 6) is -0.337. The summed E-state index contributed by atoms with van der Waals surface area (Å²) in [5, 5.41) is 21.6. The Labute approximate surface area is 228 Å². The third-order valence-electron chi connectivity index (χ3n) is 6.41. The van der Waals surface area contributed by atoms with Gasteiger partial charge in [-0.15, -0.1) is 0 Å². The minimum absolute atomic E-state index is 0.0173. The number of aliphatic imine (C=N–C) groups is 1. The highest BCUT2D eigenvalue weighted by molar-refractivity contribution is 6.31. The SMILES string of the molecule is CCN(C(=O)[C@H]1C[C@@H](F)CN1)C1CN(C(=Nc2cccc(OC(F)F)c2)NC#N)N=C1c1ccc(Cl)c(C)c1. The molecule has 1 unspecified atom stereocenters. The number of carbonyl (C=O) groups excluding carboxylic acids is 1. The van der Waals surface area contributed by atoms with Gasteiger partial charge in [-0.1, -0.05) is 23.7 Å². The number of carbonyl (C=O) groups is 1. The largest absolute Gasteiger partial charge is 0.435 e. The summed E-state index contributed by atoms with van der Waals surface area (Å²) < 4.78 is 43.7. The minimum atomic E-state index is -3.00. The van der Waals surface area contributed by atoms with E-state index in [-0.39, 0.29) is 42.8 Å². The number of nitrogens with one attached hydrogen (secondary N) is 2. The maximum Gasteiger partial charge on any atom is 0.387 e. The van der Waals surface area contributed by atoms with E-state index in [1.165, 1.54) is 23.2 Å². The number of aryl methyl sites for hydroxylation is 1. The van der Waals surface area contributed by atoms with Gasteiger partial charge in [0.2, 0.25) is 11.9 Å². The van der Waals surface area contributed by atoms with Crippen molar-refractivity contribution < 1.29 is 22.7 Å². The third-order valence-corrected chi connectivity index (χ3v) is 6.83. The van der Waals surface area contributed by atoms with E-state index in [1.807, 2.05) is 26.1 Å². The molecule has 2 aromatic rings. The number of rotatable bonds is 7. The summed E-state index contributed by atoms with van der Waals surface area (Å²) in [5.41, 5.74) is 2.28. The second kappa shape index (κ2) is 12.4. The second-order valence-electron chi connectivity index (χ2n) is 9.01. The van der Waals surface area contributed by atoms with Crippen molar-refractivity contribution in [1.82, 2.24) is 20.5 Å². The average Bonchev–Trinajstić information content (AvgIpc) is 3.53. The normalized spacial score (nSPS) is 21.1. The molecule has 0 bridgehead atoms. The van der Waals surface area contributed by atoms with Gasteiger partial charge in [-0.3, -0.25) is 10.1 Å². The lowest BCUT2D eigenvalue weighted by Gasteiger charge is -2.31. The van der Waals surface area contributed by atoms with Gasteiger partial charge >= 0.3 is 6.61 Å². The number of nitrogens with zero attached hydrogens (tertiary/aromatic N) is 5. The third kappa shape index (κ3) is 6.61. The van der Waals surface area contributed by atoms with Gasteiger partial charge in [0.1, 0.15) is 11.9 Å². The fraction of sp³-hybridized carbons (Fsp3) is 0.385. The smallest absolute Gasteiger partial charge is 0.387 e. The van der Waals surface area contributed by atoms with Crippen LogP contribution in [0.25, 0.3) is 0 Å². The van der Waals surface area contributed by atoms with Crippen molar-refractivity contribution in [3.63, 3.8) is 0 Å². The van der Waals surface area contributed by atoms with Gasteiger partial charge in [0, 0.05) is 36.2 Å². The first-order chi connectivity index (χ1) is 18.7. The van der Waals surface area contributed by atoms with Gasteiger partial charge in [-0.05, 0) is 43.7 Å². The zero-order valence-electron chi connectivity index (χ0n) is 21.2. The Morgan fingerprint density at radius 1 is 1.38 bits per heavy atom. The summed E-state index contributed by atoms with van der Waals surface area (Å²) in [4.78, 5) is 19.5. The Morgan fingerprint density at radius 3 is 2.82 bits per heavy atom. The number of nitriles is 1. The summed E-state index contributed by atoms with van der Waals surface area (Å²) in [6.07, 6.45) is 0.799. The number of hydrogen-bond donors (Lipinski definition) is 2. The van der Waals surface area contributed by atoms with Crippen molar-refractivity contribution >= 4 is 34.9 Å². The van der Waals surface area contributed by atoms with Crippen molar-refractivity contribution in [3.05, 3.63) is 58.6 Å². The highest BCUT2D eigenvalue weighted by Crippen LogP contribution is 2.26. The minimum Gasteiger partial charge on any atom is -0.435 e. The van der Waals surface area contributed by atoms with Crippen LogP contribution >= 0.6 is 11.6 Å². The van der Waals surface area contributed by atoms with E-state index < -0.39 is 24.9 Å². The van der Waals surface area contributed by atoms with Gasteiger partial charge < -0.3 is 15.0 Å². The summed E-state index contributed by atoms with van der Waals surface area (Å²) >= 11 is 6.24. The Bertz CT molecular complexity index is 1320. The molecule has 2 heterocycles. The lowest BCUT2D eigenvalue weighted by molar-refractivity contribution is -0.134. The van der Waals surface area contributed by atoms with Gasteiger partial charge in [-0.2, -0.15) is 19.1 Å². The molecule has 9 nitrogen and oxygen atoms in total. The van der Waals surface area contributed by atoms with E-state index in [9.17, 15) is 23.2 Å². The van der Waals surface area contributed by atoms with Crippen LogP contribution in [-0.4, -0.2) is 72.0 Å². The maximum absolute atomic E-state index is 13.9. The van der Waals surface area contributed by atoms with Crippen molar-refractivity contribution in [2.24, 2.45) is 10.1 Å². The van der Waals surface area contributed by atoms with Gasteiger partial charge in [0.25, 0.3) is 0 Å². The van der Waals surface area contributed by atoms with Crippen molar-refractivity contribution in [2.75, 3.05) is 19.6 Å². The second-order valence-corrected chi connectivity index (χ2v) is 9.42. The zero-order valence-corrected chi connectivity index (χ0v) is 22.0. The van der Waals surface area contributed by atoms with Crippen LogP contribution in [-0.2, 0) is 4.79 Å². The van der Waals surface area contributed by atoms with Crippen LogP contribution < -0.4 is 15.4 Å². The summed E-state index contributed by atoms with van der Waals surface area (Å²) in [7, 11) is 0. The number of guanidine groups is 1. The Balaban J connectivity index is 1.72. The molecule has 13 heteroatoms. The number of hydrazone groups is 1. The molecule has 0 aromatic heterocycles. The molecule has 1 saturated heterocycles. The molecule has 0 saturated carbocycles. The Kier molecular flexibility index (Phi) is 8.93. The molecular formula is C26H27ClF3N7O2. The van der Waals surface area contributed by atoms with Gasteiger partial charge in [-0.25, -0.2) is 14.4 Å². The summed E-state index contributed by atoms with van der Waals surface area (Å²) in [6.45, 7) is 1.23. The number of ether oxygens (including phenoxy) is 1. The predicted molar refractivity (Wildman–Crippen MR) is 141 cm³/mol. The number of benzene rings is 2. The number of likely N-dealkylation sites (N-methyl/N-ethyl adjacent to an activating group) is 1. The molecule has 2 aromatic carbocycles. The van der Waals surface area contributed by atoms with Crippen LogP contribution in [0.1, 0.15) is 24.5 Å². The highest BCUT2D eigenvalue weighted by Gasteiger charge is 2.40. The fourth-order valence-electron chi connectivity index (χ4n) is 4.58. The number of alkyl halides is 3. The first-order valence-corrected chi connectivity index (χ1v) is 12.7. The van der Waals surface area contributed by atoms with Crippen LogP contribution in [0.4, 0.5) is 18.9 Å². The molecule has 1 amide bonds. The molecule has 4 rings (SSSR count). The van der Waals surface area contributed by atoms with Crippen molar-refractivity contribution in [2.45, 2.75) is 45.1 Å². The number of hydrogen-bond acceptors (Lipinski definition) is 6. The predicted octanol–water partition coefficient (Wildman–Crippen LogP) is 3.95. The molecule has 0 spiro atoms. The van der Waals surface area contributed by atoms with Crippen LogP contribution in [0.2, 0.25) is 5.02 Å². The monoisotopic (exact) mass is 561 g/mol. The lowest BCUT2D eigenvalue weighted by Crippen LogP contribution is -2.53. The summed E-state index contributed by atoms with van der Waals surface area (Å²) in [6, 6.07) is 9.84. The Morgan fingerprint density at radius 2 is 2.18 bits per heavy atom. The molecule has 3 atom stereocenters. The van der Waals surface area contributed by atoms with Crippen molar-refractivity contribution in [1.29, 1.82) is 5.26 Å². The van der Waals surface area contributed by atoms with Gasteiger partial charge in [0.05, 0.1) is 30.0 Å². The first kappa shape index (κ1) is 28.2. The topological polar surface area (TPSA) is 105 Å². The van der Waals surface area contributed by atoms with E-state index >= 15 is 0 Å². The lowest BCUT2D eigenvalue weighted by atomic mass is 10.00. The quantitative estimate of drug-likeness (QED) is 0.230. The first-order valence-electron chi connectivity index (χ1n) is 12.3. The van der Waals surface area contributed by atoms with Crippen LogP contribution in [0.3, 0.4) is 0 Å². The van der Waals surface area contributed by atoms with E-state index in [1.54, 1.807) is 23.1 Å². The molecule has 2 aliphatic heterocycles. The Hall–Kier alpha value is -3.82. The van der Waals surface area contributed by atoms with E-state index in [0.717, 1.165) is 5.56 Å². The molecule has 206 valence electrons. The molecule has 2 N–H and O–H groups in total. The molecule has 39 heavy (non-hydrogen) atoms. The molecule has 0 aliphatic carbocycles. The highest BCUT2D eigenvalue weighted by atomic mass is 35.5. The molecule has 0 radical (unpaired) electrons. The average molecular weight is 562 g/mol. The van der Waals surface area contributed by atoms with Crippen LogP contribution in [0.5, 0.6) is 5.75 Å². The fourth-order valence-corrected chi connectivity index (χ4v) is 4.70. The molecule has 2 aliphatic rings.